The Morgan fingerprint density at radius 1 is 1.04 bits per heavy atom. The van der Waals surface area contributed by atoms with Crippen LogP contribution in [0.2, 0.25) is 0 Å². The van der Waals surface area contributed by atoms with E-state index < -0.39 is 0 Å². The van der Waals surface area contributed by atoms with Crippen molar-refractivity contribution in [1.82, 2.24) is 15.6 Å². The van der Waals surface area contributed by atoms with Crippen LogP contribution in [0.1, 0.15) is 16.8 Å². The van der Waals surface area contributed by atoms with Gasteiger partial charge in [-0.3, -0.25) is 9.98 Å². The second kappa shape index (κ2) is 10.3. The second-order valence-corrected chi connectivity index (χ2v) is 5.92. The summed E-state index contributed by atoms with van der Waals surface area (Å²) in [6, 6.07) is 7.50. The van der Waals surface area contributed by atoms with Crippen LogP contribution in [0.5, 0.6) is 17.2 Å². The molecule has 1 heterocycles. The van der Waals surface area contributed by atoms with Crippen LogP contribution in [0.25, 0.3) is 0 Å². The van der Waals surface area contributed by atoms with E-state index in [1.54, 1.807) is 21.3 Å². The summed E-state index contributed by atoms with van der Waals surface area (Å²) in [5, 5.41) is 6.48. The van der Waals surface area contributed by atoms with Crippen molar-refractivity contribution in [3.63, 3.8) is 0 Å². The number of guanidine groups is 1. The van der Waals surface area contributed by atoms with Crippen molar-refractivity contribution in [3.05, 3.63) is 47.3 Å². The van der Waals surface area contributed by atoms with Gasteiger partial charge in [0.15, 0.2) is 5.96 Å². The molecule has 0 saturated heterocycles. The Labute approximate surface area is 160 Å². The normalized spacial score (nSPS) is 11.1. The number of hydrogen-bond acceptors (Lipinski definition) is 5. The second-order valence-electron chi connectivity index (χ2n) is 5.92. The molecule has 7 heteroatoms. The standard InChI is InChI=1S/C20H28N4O3/c1-14-12-23-18(15(2)19(14)26-5)13-24-20(21-3)22-10-11-27-17-8-6-16(25-4)7-9-17/h6-9,12H,10-11,13H2,1-5H3,(H2,21,22,24). The summed E-state index contributed by atoms with van der Waals surface area (Å²) in [6.45, 7) is 5.69. The van der Waals surface area contributed by atoms with E-state index in [2.05, 4.69) is 20.6 Å². The van der Waals surface area contributed by atoms with E-state index in [9.17, 15) is 0 Å². The monoisotopic (exact) mass is 372 g/mol. The Hall–Kier alpha value is -2.96. The minimum absolute atomic E-state index is 0.517. The molecule has 0 aliphatic rings. The maximum absolute atomic E-state index is 5.70. The van der Waals surface area contributed by atoms with Gasteiger partial charge >= 0.3 is 0 Å². The van der Waals surface area contributed by atoms with E-state index in [1.807, 2.05) is 44.3 Å². The lowest BCUT2D eigenvalue weighted by Crippen LogP contribution is -2.39. The zero-order chi connectivity index (χ0) is 19.6. The highest BCUT2D eigenvalue weighted by Gasteiger charge is 2.09. The number of benzene rings is 1. The zero-order valence-corrected chi connectivity index (χ0v) is 16.6. The van der Waals surface area contributed by atoms with Gasteiger partial charge in [-0.05, 0) is 38.1 Å². The number of aryl methyl sites for hydroxylation is 1. The third-order valence-electron chi connectivity index (χ3n) is 4.12. The van der Waals surface area contributed by atoms with Crippen molar-refractivity contribution >= 4 is 5.96 Å². The van der Waals surface area contributed by atoms with Crippen LogP contribution in [-0.2, 0) is 6.54 Å². The molecular weight excluding hydrogens is 344 g/mol. The van der Waals surface area contributed by atoms with Crippen molar-refractivity contribution < 1.29 is 14.2 Å². The summed E-state index contributed by atoms with van der Waals surface area (Å²) in [5.74, 6) is 3.17. The predicted molar refractivity (Wildman–Crippen MR) is 107 cm³/mol. The fraction of sp³-hybridized carbons (Fsp3) is 0.400. The number of ether oxygens (including phenoxy) is 3. The van der Waals surface area contributed by atoms with Crippen LogP contribution in [-0.4, -0.2) is 45.4 Å². The van der Waals surface area contributed by atoms with Crippen LogP contribution in [0.3, 0.4) is 0 Å². The molecule has 2 rings (SSSR count). The number of nitrogens with one attached hydrogen (secondary N) is 2. The van der Waals surface area contributed by atoms with Gasteiger partial charge in [-0.25, -0.2) is 0 Å². The van der Waals surface area contributed by atoms with Gasteiger partial charge in [-0.1, -0.05) is 0 Å². The Morgan fingerprint density at radius 2 is 1.74 bits per heavy atom. The Bertz CT molecular complexity index is 761. The van der Waals surface area contributed by atoms with Gasteiger partial charge < -0.3 is 24.8 Å². The van der Waals surface area contributed by atoms with E-state index in [1.165, 1.54) is 0 Å². The first-order chi connectivity index (χ1) is 13.1. The Morgan fingerprint density at radius 3 is 2.37 bits per heavy atom. The van der Waals surface area contributed by atoms with Gasteiger partial charge in [-0.15, -0.1) is 0 Å². The lowest BCUT2D eigenvalue weighted by atomic mass is 10.1. The summed E-state index contributed by atoms with van der Waals surface area (Å²) in [5.41, 5.74) is 2.98. The molecule has 0 spiro atoms. The van der Waals surface area contributed by atoms with Gasteiger partial charge in [0, 0.05) is 24.4 Å². The van der Waals surface area contributed by atoms with Gasteiger partial charge in [0.25, 0.3) is 0 Å². The van der Waals surface area contributed by atoms with E-state index in [0.29, 0.717) is 25.7 Å². The van der Waals surface area contributed by atoms with Gasteiger partial charge in [-0.2, -0.15) is 0 Å². The molecule has 0 radical (unpaired) electrons. The average Bonchev–Trinajstić information content (AvgIpc) is 2.69. The zero-order valence-electron chi connectivity index (χ0n) is 16.6. The van der Waals surface area contributed by atoms with Gasteiger partial charge in [0.1, 0.15) is 23.9 Å². The number of pyridine rings is 1. The summed E-state index contributed by atoms with van der Waals surface area (Å²) >= 11 is 0. The highest BCUT2D eigenvalue weighted by molar-refractivity contribution is 5.79. The smallest absolute Gasteiger partial charge is 0.191 e. The maximum atomic E-state index is 5.70. The van der Waals surface area contributed by atoms with E-state index in [0.717, 1.165) is 34.1 Å². The first-order valence-electron chi connectivity index (χ1n) is 8.79. The van der Waals surface area contributed by atoms with Gasteiger partial charge in [0.05, 0.1) is 33.0 Å². The molecule has 0 atom stereocenters. The van der Waals surface area contributed by atoms with Crippen molar-refractivity contribution in [3.8, 4) is 17.2 Å². The molecule has 0 fully saturated rings. The predicted octanol–water partition coefficient (Wildman–Crippen LogP) is 2.46. The van der Waals surface area contributed by atoms with Crippen LogP contribution in [0.15, 0.2) is 35.5 Å². The largest absolute Gasteiger partial charge is 0.497 e. The molecule has 0 bridgehead atoms. The molecule has 1 aromatic heterocycles. The van der Waals surface area contributed by atoms with Crippen LogP contribution in [0, 0.1) is 13.8 Å². The molecule has 146 valence electrons. The summed E-state index contributed by atoms with van der Waals surface area (Å²) in [4.78, 5) is 8.71. The minimum atomic E-state index is 0.517. The number of aromatic nitrogens is 1. The van der Waals surface area contributed by atoms with Crippen molar-refractivity contribution in [2.24, 2.45) is 4.99 Å². The van der Waals surface area contributed by atoms with E-state index in [4.69, 9.17) is 14.2 Å². The third kappa shape index (κ3) is 5.77. The highest BCUT2D eigenvalue weighted by Crippen LogP contribution is 2.23. The molecule has 7 nitrogen and oxygen atoms in total. The molecular formula is C20H28N4O3. The number of methoxy groups -OCH3 is 2. The molecule has 0 saturated carbocycles. The molecule has 0 aliphatic carbocycles. The Kier molecular flexibility index (Phi) is 7.73. The van der Waals surface area contributed by atoms with Crippen molar-refractivity contribution in [1.29, 1.82) is 0 Å². The molecule has 0 amide bonds. The van der Waals surface area contributed by atoms with E-state index in [-0.39, 0.29) is 0 Å². The van der Waals surface area contributed by atoms with Gasteiger partial charge in [0.2, 0.25) is 0 Å². The summed E-state index contributed by atoms with van der Waals surface area (Å²) in [7, 11) is 5.05. The lowest BCUT2D eigenvalue weighted by molar-refractivity contribution is 0.321. The molecule has 1 aromatic carbocycles. The molecule has 0 aliphatic heterocycles. The first-order valence-corrected chi connectivity index (χ1v) is 8.79. The number of rotatable bonds is 8. The minimum Gasteiger partial charge on any atom is -0.497 e. The molecule has 27 heavy (non-hydrogen) atoms. The fourth-order valence-electron chi connectivity index (χ4n) is 2.65. The van der Waals surface area contributed by atoms with Crippen molar-refractivity contribution in [2.45, 2.75) is 20.4 Å². The van der Waals surface area contributed by atoms with Crippen molar-refractivity contribution in [2.75, 3.05) is 34.4 Å². The SMILES string of the molecule is CN=C(NCCOc1ccc(OC)cc1)NCc1ncc(C)c(OC)c1C. The van der Waals surface area contributed by atoms with E-state index >= 15 is 0 Å². The number of nitrogens with zero attached hydrogens (tertiary/aromatic N) is 2. The maximum Gasteiger partial charge on any atom is 0.191 e. The number of hydrogen-bond donors (Lipinski definition) is 2. The third-order valence-corrected chi connectivity index (χ3v) is 4.12. The quantitative estimate of drug-likeness (QED) is 0.421. The first kappa shape index (κ1) is 20.4. The topological polar surface area (TPSA) is 77.0 Å². The number of aliphatic imine (C=N–C) groups is 1. The molecule has 2 aromatic rings. The lowest BCUT2D eigenvalue weighted by Gasteiger charge is -2.15. The highest BCUT2D eigenvalue weighted by atomic mass is 16.5. The average molecular weight is 372 g/mol. The molecule has 2 N–H and O–H groups in total. The molecule has 0 unspecified atom stereocenters. The Balaban J connectivity index is 1.79. The summed E-state index contributed by atoms with van der Waals surface area (Å²) in [6.07, 6.45) is 1.82. The fourth-order valence-corrected chi connectivity index (χ4v) is 2.65. The van der Waals surface area contributed by atoms with Crippen LogP contribution < -0.4 is 24.8 Å². The van der Waals surface area contributed by atoms with Crippen LogP contribution >= 0.6 is 0 Å². The summed E-state index contributed by atoms with van der Waals surface area (Å²) < 4.78 is 16.3. The van der Waals surface area contributed by atoms with Crippen LogP contribution in [0.4, 0.5) is 0 Å².